The maximum Gasteiger partial charge on any atom is 0.339 e. The first-order valence-corrected chi connectivity index (χ1v) is 8.19. The number of nitro groups is 1. The highest BCUT2D eigenvalue weighted by Gasteiger charge is 2.36. The molecule has 0 heterocycles. The fraction of sp³-hybridized carbons (Fsp3) is 0.471. The van der Waals surface area contributed by atoms with E-state index >= 15 is 0 Å². The molecule has 0 bridgehead atoms. The first kappa shape index (κ1) is 20.9. The van der Waals surface area contributed by atoms with E-state index in [2.05, 4.69) is 27.8 Å². The van der Waals surface area contributed by atoms with Crippen molar-refractivity contribution < 1.29 is 19.2 Å². The Kier molecular flexibility index (Phi) is 6.57. The number of methoxy groups -OCH3 is 1. The van der Waals surface area contributed by atoms with E-state index in [1.807, 2.05) is 0 Å². The Balaban J connectivity index is 3.89. The van der Waals surface area contributed by atoms with Crippen LogP contribution in [0.1, 0.15) is 50.5 Å². The van der Waals surface area contributed by atoms with Crippen LogP contribution in [0.5, 0.6) is 0 Å². The number of nitrogens with two attached hydrogens (primary N) is 1. The van der Waals surface area contributed by atoms with Crippen molar-refractivity contribution in [2.75, 3.05) is 12.8 Å². The van der Waals surface area contributed by atoms with Crippen LogP contribution in [0.25, 0.3) is 0 Å². The average molecular weight is 413 g/mol. The van der Waals surface area contributed by atoms with Crippen LogP contribution in [-0.2, 0) is 14.3 Å². The molecule has 0 aliphatic carbocycles. The van der Waals surface area contributed by atoms with Crippen LogP contribution in [0.4, 0.5) is 11.4 Å². The summed E-state index contributed by atoms with van der Waals surface area (Å²) in [5.41, 5.74) is 5.62. The highest BCUT2D eigenvalue weighted by atomic mass is 79.9. The molecular weight excluding hydrogens is 392 g/mol. The van der Waals surface area contributed by atoms with E-state index in [0.717, 1.165) is 0 Å². The van der Waals surface area contributed by atoms with Crippen molar-refractivity contribution in [2.45, 2.75) is 46.3 Å². The van der Waals surface area contributed by atoms with E-state index in [4.69, 9.17) is 15.2 Å². The van der Waals surface area contributed by atoms with Gasteiger partial charge in [0, 0.05) is 15.6 Å². The Morgan fingerprint density at radius 2 is 1.96 bits per heavy atom. The molecule has 1 atom stereocenters. The molecule has 2 N–H and O–H groups in total. The molecule has 0 aliphatic heterocycles. The van der Waals surface area contributed by atoms with Gasteiger partial charge in [0.15, 0.2) is 6.10 Å². The van der Waals surface area contributed by atoms with Gasteiger partial charge in [-0.2, -0.15) is 0 Å². The van der Waals surface area contributed by atoms with Crippen molar-refractivity contribution in [3.05, 3.63) is 31.3 Å². The van der Waals surface area contributed by atoms with E-state index in [1.54, 1.807) is 27.7 Å². The molecular formula is C17H21BrN2O5. The lowest BCUT2D eigenvalue weighted by Gasteiger charge is -2.28. The molecule has 0 saturated heterocycles. The lowest BCUT2D eigenvalue weighted by molar-refractivity contribution is -0.384. The molecule has 1 rings (SSSR count). The molecule has 0 aliphatic rings. The molecule has 1 aromatic carbocycles. The van der Waals surface area contributed by atoms with Crippen LogP contribution in [-0.4, -0.2) is 23.6 Å². The molecule has 0 spiro atoms. The normalized spacial score (nSPS) is 12.1. The number of esters is 1. The van der Waals surface area contributed by atoms with E-state index in [1.165, 1.54) is 14.0 Å². The van der Waals surface area contributed by atoms with Crippen LogP contribution >= 0.6 is 15.9 Å². The molecule has 0 aromatic heterocycles. The number of ether oxygens (including phenoxy) is 2. The molecule has 25 heavy (non-hydrogen) atoms. The summed E-state index contributed by atoms with van der Waals surface area (Å²) < 4.78 is 11.0. The number of carbonyl (C=O) groups is 1. The highest BCUT2D eigenvalue weighted by molar-refractivity contribution is 9.10. The summed E-state index contributed by atoms with van der Waals surface area (Å²) in [5, 5.41) is 11.5. The lowest BCUT2D eigenvalue weighted by Crippen LogP contribution is -2.29. The molecule has 0 unspecified atom stereocenters. The van der Waals surface area contributed by atoms with E-state index in [0.29, 0.717) is 4.47 Å². The predicted molar refractivity (Wildman–Crippen MR) is 98.1 cm³/mol. The molecule has 7 nitrogen and oxygen atoms in total. The number of nitro benzene ring substituents is 1. The summed E-state index contributed by atoms with van der Waals surface area (Å²) in [7, 11) is 1.23. The molecule has 1 aromatic rings. The third-order valence-electron chi connectivity index (χ3n) is 3.32. The van der Waals surface area contributed by atoms with Crippen LogP contribution in [0, 0.1) is 28.9 Å². The quantitative estimate of drug-likeness (QED) is 0.266. The van der Waals surface area contributed by atoms with Gasteiger partial charge < -0.3 is 15.2 Å². The minimum absolute atomic E-state index is 0.0631. The van der Waals surface area contributed by atoms with E-state index < -0.39 is 22.6 Å². The van der Waals surface area contributed by atoms with Crippen LogP contribution in [0.2, 0.25) is 0 Å². The summed E-state index contributed by atoms with van der Waals surface area (Å²) in [4.78, 5) is 23.2. The third kappa shape index (κ3) is 4.50. The van der Waals surface area contributed by atoms with Crippen molar-refractivity contribution in [3.8, 4) is 11.8 Å². The fourth-order valence-electron chi connectivity index (χ4n) is 2.35. The first-order chi connectivity index (χ1) is 11.5. The smallest absolute Gasteiger partial charge is 0.339 e. The summed E-state index contributed by atoms with van der Waals surface area (Å²) in [6, 6.07) is 0. The van der Waals surface area contributed by atoms with Gasteiger partial charge in [0.2, 0.25) is 0 Å². The van der Waals surface area contributed by atoms with Gasteiger partial charge in [0.1, 0.15) is 5.69 Å². The maximum absolute atomic E-state index is 12.3. The zero-order valence-electron chi connectivity index (χ0n) is 15.0. The zero-order valence-corrected chi connectivity index (χ0v) is 16.6. The number of nitrogens with zero attached hydrogens (tertiary/aromatic N) is 1. The topological polar surface area (TPSA) is 105 Å². The number of anilines is 1. The molecule has 8 heteroatoms. The van der Waals surface area contributed by atoms with Gasteiger partial charge in [-0.05, 0) is 50.5 Å². The number of nitrogen functional groups attached to an aromatic ring is 1. The second kappa shape index (κ2) is 7.85. The molecule has 0 amide bonds. The van der Waals surface area contributed by atoms with Gasteiger partial charge in [-0.15, -0.1) is 5.92 Å². The van der Waals surface area contributed by atoms with Gasteiger partial charge in [0.25, 0.3) is 5.69 Å². The number of halogens is 1. The second-order valence-electron chi connectivity index (χ2n) is 6.26. The maximum atomic E-state index is 12.3. The molecule has 0 fully saturated rings. The van der Waals surface area contributed by atoms with Crippen molar-refractivity contribution in [2.24, 2.45) is 0 Å². The fourth-order valence-corrected chi connectivity index (χ4v) is 3.16. The van der Waals surface area contributed by atoms with E-state index in [9.17, 15) is 14.9 Å². The van der Waals surface area contributed by atoms with Gasteiger partial charge in [0.05, 0.1) is 23.2 Å². The van der Waals surface area contributed by atoms with E-state index in [-0.39, 0.29) is 28.1 Å². The minimum Gasteiger partial charge on any atom is -0.467 e. The third-order valence-corrected chi connectivity index (χ3v) is 4.14. The Hall–Kier alpha value is -2.11. The monoisotopic (exact) mass is 412 g/mol. The van der Waals surface area contributed by atoms with Crippen molar-refractivity contribution in [1.29, 1.82) is 0 Å². The SMILES string of the molecule is CC#Cc1c(N)c([N+](=O)[O-])c(C)c([C@H](OC(C)(C)C)C(=O)OC)c1Br. The number of rotatable bonds is 4. The molecule has 0 radical (unpaired) electrons. The highest BCUT2D eigenvalue weighted by Crippen LogP contribution is 2.43. The zero-order chi connectivity index (χ0) is 19.5. The summed E-state index contributed by atoms with van der Waals surface area (Å²) in [5.74, 6) is 4.74. The Morgan fingerprint density at radius 1 is 1.40 bits per heavy atom. The summed E-state index contributed by atoms with van der Waals surface area (Å²) >= 11 is 3.38. The largest absolute Gasteiger partial charge is 0.467 e. The van der Waals surface area contributed by atoms with Gasteiger partial charge in [-0.3, -0.25) is 10.1 Å². The summed E-state index contributed by atoms with van der Waals surface area (Å²) in [6.07, 6.45) is -1.17. The van der Waals surface area contributed by atoms with Crippen LogP contribution in [0.15, 0.2) is 4.47 Å². The van der Waals surface area contributed by atoms with Crippen molar-refractivity contribution in [3.63, 3.8) is 0 Å². The standard InChI is InChI=1S/C17H21BrN2O5/c1-7-8-10-12(18)11(9(2)14(13(10)19)20(22)23)15(16(21)24-6)25-17(3,4)5/h15H,19H2,1-6H3/t15-/m0/s1. The Morgan fingerprint density at radius 3 is 2.36 bits per heavy atom. The predicted octanol–water partition coefficient (Wildman–Crippen LogP) is 3.65. The lowest BCUT2D eigenvalue weighted by atomic mass is 9.96. The van der Waals surface area contributed by atoms with Gasteiger partial charge in [-0.1, -0.05) is 5.92 Å². The molecule has 0 saturated carbocycles. The Bertz CT molecular complexity index is 772. The summed E-state index contributed by atoms with van der Waals surface area (Å²) in [6.45, 7) is 8.40. The molecule has 136 valence electrons. The van der Waals surface area contributed by atoms with Crippen LogP contribution < -0.4 is 5.73 Å². The second-order valence-corrected chi connectivity index (χ2v) is 7.05. The average Bonchev–Trinajstić information content (AvgIpc) is 2.48. The van der Waals surface area contributed by atoms with Gasteiger partial charge in [-0.25, -0.2) is 4.79 Å². The Labute approximate surface area is 155 Å². The van der Waals surface area contributed by atoms with Crippen molar-refractivity contribution in [1.82, 2.24) is 0 Å². The first-order valence-electron chi connectivity index (χ1n) is 7.40. The number of hydrogen-bond acceptors (Lipinski definition) is 6. The number of carbonyl (C=O) groups excluding carboxylic acids is 1. The number of benzene rings is 1. The van der Waals surface area contributed by atoms with Gasteiger partial charge >= 0.3 is 5.97 Å². The number of hydrogen-bond donors (Lipinski definition) is 1. The van der Waals surface area contributed by atoms with Crippen molar-refractivity contribution >= 4 is 33.3 Å². The van der Waals surface area contributed by atoms with Crippen LogP contribution in [0.3, 0.4) is 0 Å². The minimum atomic E-state index is -1.17.